The summed E-state index contributed by atoms with van der Waals surface area (Å²) in [6.07, 6.45) is 1.07. The van der Waals surface area contributed by atoms with Crippen LogP contribution in [0.3, 0.4) is 0 Å². The fourth-order valence-corrected chi connectivity index (χ4v) is 1.84. The molecule has 106 valence electrons. The summed E-state index contributed by atoms with van der Waals surface area (Å²) in [5.41, 5.74) is 5.51. The van der Waals surface area contributed by atoms with Gasteiger partial charge in [-0.25, -0.2) is 8.42 Å². The number of hydrogen-bond donors (Lipinski definition) is 1. The lowest BCUT2D eigenvalue weighted by Gasteiger charge is -2.31. The van der Waals surface area contributed by atoms with Crippen LogP contribution in [0.25, 0.3) is 0 Å². The number of sulfone groups is 1. The first-order chi connectivity index (χ1) is 7.95. The predicted molar refractivity (Wildman–Crippen MR) is 77.1 cm³/mol. The third-order valence-electron chi connectivity index (χ3n) is 3.09. The monoisotopic (exact) mass is 294 g/mol. The fraction of sp³-hybridized carbons (Fsp3) is 0.818. The van der Waals surface area contributed by atoms with E-state index in [1.165, 1.54) is 18.7 Å². The summed E-state index contributed by atoms with van der Waals surface area (Å²) in [5, 5.41) is 0. The molecule has 0 aliphatic carbocycles. The quantitative estimate of drug-likeness (QED) is 0.725. The molecule has 0 aromatic rings. The Morgan fingerprint density at radius 2 is 1.89 bits per heavy atom. The van der Waals surface area contributed by atoms with Gasteiger partial charge in [-0.1, -0.05) is 19.1 Å². The van der Waals surface area contributed by atoms with Crippen LogP contribution in [-0.2, 0) is 14.6 Å². The van der Waals surface area contributed by atoms with Crippen molar-refractivity contribution in [3.05, 3.63) is 0 Å². The number of carbonyl (C=O) groups is 1. The van der Waals surface area contributed by atoms with Gasteiger partial charge in [-0.15, -0.1) is 0 Å². The van der Waals surface area contributed by atoms with E-state index >= 15 is 0 Å². The summed E-state index contributed by atoms with van der Waals surface area (Å²) in [4.78, 5) is 14.1. The Morgan fingerprint density at radius 1 is 1.44 bits per heavy atom. The smallest absolute Gasteiger partial charge is 0.243 e. The van der Waals surface area contributed by atoms with Crippen LogP contribution in [0.1, 0.15) is 27.7 Å². The molecule has 0 saturated carbocycles. The Morgan fingerprint density at radius 3 is 2.17 bits per heavy atom. The number of nitrogens with two attached hydrogens (primary N) is 1. The standard InChI is InChI=1S/C11H22N2O3S2/c1-6-13(7-8(2)9(12)17)10(14)11(3,4)18(5,15)16/h8H,6-7H2,1-5H3,(H2,12,17). The van der Waals surface area contributed by atoms with E-state index in [1.54, 1.807) is 6.92 Å². The summed E-state index contributed by atoms with van der Waals surface area (Å²) >= 11 is 4.86. The Kier molecular flexibility index (Phi) is 5.74. The molecule has 0 aliphatic heterocycles. The van der Waals surface area contributed by atoms with Crippen molar-refractivity contribution in [3.8, 4) is 0 Å². The Labute approximate surface area is 115 Å². The normalized spacial score (nSPS) is 14.1. The lowest BCUT2D eigenvalue weighted by atomic mass is 10.1. The second kappa shape index (κ2) is 5.97. The highest BCUT2D eigenvalue weighted by atomic mass is 32.2. The molecule has 2 N–H and O–H groups in total. The Hall–Kier alpha value is -0.690. The second-order valence-corrected chi connectivity index (χ2v) is 7.97. The highest BCUT2D eigenvalue weighted by Crippen LogP contribution is 2.19. The van der Waals surface area contributed by atoms with Crippen molar-refractivity contribution in [3.63, 3.8) is 0 Å². The van der Waals surface area contributed by atoms with Crippen molar-refractivity contribution in [1.82, 2.24) is 4.90 Å². The molecule has 0 heterocycles. The highest BCUT2D eigenvalue weighted by Gasteiger charge is 2.41. The Bertz CT molecular complexity index is 430. The van der Waals surface area contributed by atoms with Crippen molar-refractivity contribution < 1.29 is 13.2 Å². The van der Waals surface area contributed by atoms with Crippen LogP contribution in [0.15, 0.2) is 0 Å². The van der Waals surface area contributed by atoms with Crippen molar-refractivity contribution in [2.75, 3.05) is 19.3 Å². The van der Waals surface area contributed by atoms with Gasteiger partial charge in [-0.2, -0.15) is 0 Å². The van der Waals surface area contributed by atoms with E-state index in [1.807, 2.05) is 6.92 Å². The first kappa shape index (κ1) is 17.3. The molecule has 0 aliphatic rings. The zero-order chi connectivity index (χ0) is 14.7. The first-order valence-electron chi connectivity index (χ1n) is 5.73. The van der Waals surface area contributed by atoms with Crippen LogP contribution in [0, 0.1) is 5.92 Å². The maximum atomic E-state index is 12.3. The summed E-state index contributed by atoms with van der Waals surface area (Å²) in [6, 6.07) is 0. The minimum absolute atomic E-state index is 0.140. The molecule has 0 radical (unpaired) electrons. The Balaban J connectivity index is 5.11. The highest BCUT2D eigenvalue weighted by molar-refractivity contribution is 7.92. The van der Waals surface area contributed by atoms with Crippen molar-refractivity contribution in [2.24, 2.45) is 11.7 Å². The zero-order valence-corrected chi connectivity index (χ0v) is 13.2. The minimum Gasteiger partial charge on any atom is -0.393 e. The van der Waals surface area contributed by atoms with Crippen molar-refractivity contribution >= 4 is 33.0 Å². The third-order valence-corrected chi connectivity index (χ3v) is 5.52. The third kappa shape index (κ3) is 3.91. The van der Waals surface area contributed by atoms with Gasteiger partial charge in [-0.05, 0) is 20.8 Å². The van der Waals surface area contributed by atoms with Gasteiger partial charge in [0.25, 0.3) is 0 Å². The zero-order valence-electron chi connectivity index (χ0n) is 11.6. The molecule has 7 heteroatoms. The van der Waals surface area contributed by atoms with Crippen LogP contribution >= 0.6 is 12.2 Å². The van der Waals surface area contributed by atoms with Gasteiger partial charge in [0.2, 0.25) is 5.91 Å². The lowest BCUT2D eigenvalue weighted by molar-refractivity contribution is -0.133. The van der Waals surface area contributed by atoms with Gasteiger partial charge in [0.15, 0.2) is 9.84 Å². The summed E-state index contributed by atoms with van der Waals surface area (Å²) < 4.78 is 21.8. The van der Waals surface area contributed by atoms with Gasteiger partial charge < -0.3 is 10.6 Å². The number of amides is 1. The van der Waals surface area contributed by atoms with Crippen LogP contribution < -0.4 is 5.73 Å². The SMILES string of the molecule is CCN(CC(C)C(N)=S)C(=O)C(C)(C)S(C)(=O)=O. The molecule has 0 aromatic heterocycles. The molecular formula is C11H22N2O3S2. The minimum atomic E-state index is -3.47. The predicted octanol–water partition coefficient (Wildman–Crippen LogP) is 0.580. The number of hydrogen-bond acceptors (Lipinski definition) is 4. The maximum absolute atomic E-state index is 12.3. The van der Waals surface area contributed by atoms with E-state index < -0.39 is 20.5 Å². The molecule has 5 nitrogen and oxygen atoms in total. The van der Waals surface area contributed by atoms with E-state index in [0.29, 0.717) is 18.1 Å². The largest absolute Gasteiger partial charge is 0.393 e. The second-order valence-electron chi connectivity index (χ2n) is 4.93. The van der Waals surface area contributed by atoms with Gasteiger partial charge in [0.05, 0.1) is 4.99 Å². The average molecular weight is 294 g/mol. The van der Waals surface area contributed by atoms with Crippen molar-refractivity contribution in [1.29, 1.82) is 0 Å². The molecule has 0 saturated heterocycles. The molecular weight excluding hydrogens is 272 g/mol. The summed E-state index contributed by atoms with van der Waals surface area (Å²) in [7, 11) is -3.47. The number of carbonyl (C=O) groups excluding carboxylic acids is 1. The molecule has 0 fully saturated rings. The van der Waals surface area contributed by atoms with Gasteiger partial charge in [0.1, 0.15) is 4.75 Å². The molecule has 0 spiro atoms. The lowest BCUT2D eigenvalue weighted by Crippen LogP contribution is -2.51. The van der Waals surface area contributed by atoms with Crippen LogP contribution in [-0.4, -0.2) is 48.3 Å². The average Bonchev–Trinajstić information content (AvgIpc) is 2.22. The van der Waals surface area contributed by atoms with Gasteiger partial charge >= 0.3 is 0 Å². The molecule has 1 unspecified atom stereocenters. The van der Waals surface area contributed by atoms with Crippen LogP contribution in [0.2, 0.25) is 0 Å². The summed E-state index contributed by atoms with van der Waals surface area (Å²) in [5.74, 6) is -0.560. The summed E-state index contributed by atoms with van der Waals surface area (Å²) in [6.45, 7) is 7.19. The topological polar surface area (TPSA) is 80.5 Å². The number of rotatable bonds is 6. The van der Waals surface area contributed by atoms with E-state index in [2.05, 4.69) is 0 Å². The maximum Gasteiger partial charge on any atom is 0.243 e. The molecule has 0 bridgehead atoms. The van der Waals surface area contributed by atoms with E-state index in [9.17, 15) is 13.2 Å². The fourth-order valence-electron chi connectivity index (χ4n) is 1.32. The molecule has 1 amide bonds. The first-order valence-corrected chi connectivity index (χ1v) is 8.03. The van der Waals surface area contributed by atoms with Crippen LogP contribution in [0.5, 0.6) is 0 Å². The van der Waals surface area contributed by atoms with Gasteiger partial charge in [-0.3, -0.25) is 4.79 Å². The van der Waals surface area contributed by atoms with E-state index in [-0.39, 0.29) is 5.92 Å². The number of nitrogens with zero attached hydrogens (tertiary/aromatic N) is 1. The van der Waals surface area contributed by atoms with E-state index in [0.717, 1.165) is 6.26 Å². The van der Waals surface area contributed by atoms with Crippen molar-refractivity contribution in [2.45, 2.75) is 32.4 Å². The molecule has 18 heavy (non-hydrogen) atoms. The molecule has 0 aromatic carbocycles. The van der Waals surface area contributed by atoms with E-state index in [4.69, 9.17) is 18.0 Å². The molecule has 1 atom stereocenters. The molecule has 0 rings (SSSR count). The van der Waals surface area contributed by atoms with Gasteiger partial charge in [0, 0.05) is 25.3 Å². The number of thiocarbonyl (C=S) groups is 1. The van der Waals surface area contributed by atoms with Crippen LogP contribution in [0.4, 0.5) is 0 Å².